The van der Waals surface area contributed by atoms with Gasteiger partial charge in [-0.1, -0.05) is 29.4 Å². The molecule has 0 aliphatic heterocycles. The minimum atomic E-state index is -4.63. The Balaban J connectivity index is 1.71. The van der Waals surface area contributed by atoms with Crippen LogP contribution in [0, 0.1) is 0 Å². The van der Waals surface area contributed by atoms with Gasteiger partial charge in [0.2, 0.25) is 11.1 Å². The second kappa shape index (κ2) is 6.89. The fourth-order valence-corrected chi connectivity index (χ4v) is 2.81. The van der Waals surface area contributed by atoms with E-state index >= 15 is 0 Å². The number of aromatic nitrogens is 4. The Hall–Kier alpha value is -2.33. The van der Waals surface area contributed by atoms with Gasteiger partial charge in [0.15, 0.2) is 0 Å². The van der Waals surface area contributed by atoms with Crippen LogP contribution in [0.15, 0.2) is 41.8 Å². The molecule has 3 rings (SSSR count). The molecular formula is C14H9ClF3N5OS. The van der Waals surface area contributed by atoms with Gasteiger partial charge in [0.1, 0.15) is 0 Å². The third-order valence-corrected chi connectivity index (χ3v) is 4.17. The molecule has 0 saturated carbocycles. The van der Waals surface area contributed by atoms with Crippen molar-refractivity contribution in [2.45, 2.75) is 11.3 Å². The number of alkyl halides is 3. The molecule has 130 valence electrons. The van der Waals surface area contributed by atoms with Crippen molar-refractivity contribution in [2.75, 3.05) is 11.1 Å². The lowest BCUT2D eigenvalue weighted by atomic mass is 10.1. The van der Waals surface area contributed by atoms with Crippen LogP contribution in [0.2, 0.25) is 5.02 Å². The average Bonchev–Trinajstić information content (AvgIpc) is 2.96. The molecule has 6 nitrogen and oxygen atoms in total. The second-order valence-electron chi connectivity index (χ2n) is 4.76. The van der Waals surface area contributed by atoms with Gasteiger partial charge >= 0.3 is 6.18 Å². The van der Waals surface area contributed by atoms with Crippen molar-refractivity contribution in [3.8, 4) is 0 Å². The summed E-state index contributed by atoms with van der Waals surface area (Å²) in [6.07, 6.45) is -1.45. The predicted octanol–water partition coefficient (Wildman–Crippen LogP) is 3.53. The Morgan fingerprint density at radius 2 is 2.12 bits per heavy atom. The molecule has 0 atom stereocenters. The van der Waals surface area contributed by atoms with E-state index in [1.54, 1.807) is 18.5 Å². The van der Waals surface area contributed by atoms with Crippen LogP contribution in [0.4, 0.5) is 18.9 Å². The van der Waals surface area contributed by atoms with Gasteiger partial charge in [-0.2, -0.15) is 18.2 Å². The fourth-order valence-electron chi connectivity index (χ4n) is 1.97. The molecule has 0 radical (unpaired) electrons. The van der Waals surface area contributed by atoms with Crippen molar-refractivity contribution >= 4 is 40.7 Å². The lowest BCUT2D eigenvalue weighted by Gasteiger charge is -2.14. The van der Waals surface area contributed by atoms with Gasteiger partial charge in [-0.25, -0.2) is 9.50 Å². The smallest absolute Gasteiger partial charge is 0.324 e. The van der Waals surface area contributed by atoms with Crippen LogP contribution < -0.4 is 5.32 Å². The zero-order valence-corrected chi connectivity index (χ0v) is 13.9. The van der Waals surface area contributed by atoms with Crippen molar-refractivity contribution < 1.29 is 18.0 Å². The summed E-state index contributed by atoms with van der Waals surface area (Å²) in [6.45, 7) is 0. The lowest BCUT2D eigenvalue weighted by Crippen LogP contribution is -2.18. The quantitative estimate of drug-likeness (QED) is 0.693. The van der Waals surface area contributed by atoms with Crippen LogP contribution in [-0.2, 0) is 11.0 Å². The molecule has 0 fully saturated rings. The molecule has 11 heteroatoms. The highest BCUT2D eigenvalue weighted by atomic mass is 35.5. The lowest BCUT2D eigenvalue weighted by molar-refractivity contribution is -0.137. The van der Waals surface area contributed by atoms with E-state index in [1.807, 2.05) is 0 Å². The number of benzene rings is 1. The second-order valence-corrected chi connectivity index (χ2v) is 6.11. The summed E-state index contributed by atoms with van der Waals surface area (Å²) >= 11 is 6.77. The molecule has 2 heterocycles. The van der Waals surface area contributed by atoms with Crippen LogP contribution in [0.5, 0.6) is 0 Å². The molecule has 2 aromatic heterocycles. The highest BCUT2D eigenvalue weighted by Crippen LogP contribution is 2.38. The van der Waals surface area contributed by atoms with Gasteiger partial charge < -0.3 is 5.32 Å². The number of hydrogen-bond donors (Lipinski definition) is 1. The first-order chi connectivity index (χ1) is 11.8. The molecule has 3 aromatic rings. The van der Waals surface area contributed by atoms with Gasteiger partial charge in [0.25, 0.3) is 5.78 Å². The SMILES string of the molecule is O=C(CSc1nc2ncccn2n1)Nc1c(Cl)cccc1C(F)(F)F. The first-order valence-electron chi connectivity index (χ1n) is 6.80. The van der Waals surface area contributed by atoms with E-state index in [4.69, 9.17) is 11.6 Å². The van der Waals surface area contributed by atoms with E-state index in [1.165, 1.54) is 16.6 Å². The van der Waals surface area contributed by atoms with E-state index in [0.717, 1.165) is 17.8 Å². The van der Waals surface area contributed by atoms with Crippen molar-refractivity contribution in [1.29, 1.82) is 0 Å². The maximum absolute atomic E-state index is 13.0. The minimum absolute atomic E-state index is 0.181. The zero-order valence-electron chi connectivity index (χ0n) is 12.3. The van der Waals surface area contributed by atoms with E-state index in [-0.39, 0.29) is 15.9 Å². The van der Waals surface area contributed by atoms with Gasteiger partial charge in [-0.15, -0.1) is 5.10 Å². The number of thioether (sulfide) groups is 1. The maximum atomic E-state index is 13.0. The number of fused-ring (bicyclic) bond motifs is 1. The van der Waals surface area contributed by atoms with Crippen LogP contribution in [0.1, 0.15) is 5.56 Å². The Kier molecular flexibility index (Phi) is 4.82. The van der Waals surface area contributed by atoms with Crippen molar-refractivity contribution in [3.05, 3.63) is 47.2 Å². The number of hydrogen-bond acceptors (Lipinski definition) is 5. The molecule has 1 aromatic carbocycles. The molecule has 0 bridgehead atoms. The van der Waals surface area contributed by atoms with Crippen LogP contribution in [-0.4, -0.2) is 31.2 Å². The number of halogens is 4. The standard InChI is InChI=1S/C14H9ClF3N5OS/c15-9-4-1-3-8(14(16,17)18)11(9)20-10(24)7-25-13-21-12-19-5-2-6-23(12)22-13/h1-6H,7H2,(H,20,24). The number of nitrogens with zero attached hydrogens (tertiary/aromatic N) is 4. The summed E-state index contributed by atoms with van der Waals surface area (Å²) in [5.41, 5.74) is -1.47. The summed E-state index contributed by atoms with van der Waals surface area (Å²) in [5.74, 6) is -0.481. The number of nitrogens with one attached hydrogen (secondary N) is 1. The van der Waals surface area contributed by atoms with Crippen LogP contribution >= 0.6 is 23.4 Å². The Morgan fingerprint density at radius 1 is 1.32 bits per heavy atom. The molecule has 0 unspecified atom stereocenters. The van der Waals surface area contributed by atoms with Crippen LogP contribution in [0.25, 0.3) is 5.78 Å². The largest absolute Gasteiger partial charge is 0.418 e. The number of anilines is 1. The summed E-state index contributed by atoms with van der Waals surface area (Å²) in [5, 5.41) is 6.38. The zero-order chi connectivity index (χ0) is 18.0. The number of carbonyl (C=O) groups is 1. The first-order valence-corrected chi connectivity index (χ1v) is 8.17. The number of carbonyl (C=O) groups excluding carboxylic acids is 1. The van der Waals surface area contributed by atoms with E-state index in [9.17, 15) is 18.0 Å². The minimum Gasteiger partial charge on any atom is -0.324 e. The van der Waals surface area contributed by atoms with Gasteiger partial charge in [0, 0.05) is 12.4 Å². The first kappa shape index (κ1) is 17.5. The van der Waals surface area contributed by atoms with Crippen molar-refractivity contribution in [3.63, 3.8) is 0 Å². The van der Waals surface area contributed by atoms with Crippen molar-refractivity contribution in [1.82, 2.24) is 19.6 Å². The van der Waals surface area contributed by atoms with Crippen molar-refractivity contribution in [2.24, 2.45) is 0 Å². The molecule has 0 spiro atoms. The Labute approximate surface area is 148 Å². The van der Waals surface area contributed by atoms with Gasteiger partial charge in [0.05, 0.1) is 22.0 Å². The molecule has 0 saturated heterocycles. The molecule has 1 amide bonds. The average molecular weight is 388 g/mol. The fraction of sp³-hybridized carbons (Fsp3) is 0.143. The number of para-hydroxylation sites is 1. The summed E-state index contributed by atoms with van der Waals surface area (Å²) in [4.78, 5) is 20.1. The van der Waals surface area contributed by atoms with E-state index in [2.05, 4.69) is 20.4 Å². The predicted molar refractivity (Wildman–Crippen MR) is 86.6 cm³/mol. The monoisotopic (exact) mass is 387 g/mol. The molecule has 0 aliphatic rings. The number of rotatable bonds is 4. The topological polar surface area (TPSA) is 72.2 Å². The van der Waals surface area contributed by atoms with Gasteiger partial charge in [-0.3, -0.25) is 4.79 Å². The summed E-state index contributed by atoms with van der Waals surface area (Å²) in [7, 11) is 0. The number of amides is 1. The summed E-state index contributed by atoms with van der Waals surface area (Å²) < 4.78 is 40.4. The van der Waals surface area contributed by atoms with Crippen LogP contribution in [0.3, 0.4) is 0 Å². The third kappa shape index (κ3) is 4.02. The normalized spacial score (nSPS) is 11.7. The van der Waals surface area contributed by atoms with E-state index in [0.29, 0.717) is 5.78 Å². The maximum Gasteiger partial charge on any atom is 0.418 e. The molecule has 25 heavy (non-hydrogen) atoms. The summed E-state index contributed by atoms with van der Waals surface area (Å²) in [6, 6.07) is 4.96. The molecule has 0 aliphatic carbocycles. The molecular weight excluding hydrogens is 379 g/mol. The highest BCUT2D eigenvalue weighted by molar-refractivity contribution is 7.99. The Morgan fingerprint density at radius 3 is 2.84 bits per heavy atom. The van der Waals surface area contributed by atoms with Gasteiger partial charge in [-0.05, 0) is 18.2 Å². The van der Waals surface area contributed by atoms with E-state index < -0.39 is 23.3 Å². The third-order valence-electron chi connectivity index (χ3n) is 3.01. The Bertz CT molecular complexity index is 897. The highest BCUT2D eigenvalue weighted by Gasteiger charge is 2.34. The molecule has 1 N–H and O–H groups in total.